The van der Waals surface area contributed by atoms with E-state index >= 15 is 0 Å². The third-order valence-corrected chi connectivity index (χ3v) is 4.00. The van der Waals surface area contributed by atoms with E-state index in [0.717, 1.165) is 44.6 Å². The predicted molar refractivity (Wildman–Crippen MR) is 79.7 cm³/mol. The van der Waals surface area contributed by atoms with Crippen molar-refractivity contribution in [1.29, 1.82) is 0 Å². The Morgan fingerprint density at radius 2 is 2.11 bits per heavy atom. The van der Waals surface area contributed by atoms with Crippen LogP contribution in [0.25, 0.3) is 0 Å². The Morgan fingerprint density at radius 3 is 2.79 bits per heavy atom. The fraction of sp³-hybridized carbons (Fsp3) is 0.625. The van der Waals surface area contributed by atoms with Gasteiger partial charge in [0, 0.05) is 13.1 Å². The molecule has 19 heavy (non-hydrogen) atoms. The molecule has 0 bridgehead atoms. The number of nitrogens with two attached hydrogens (primary N) is 1. The van der Waals surface area contributed by atoms with E-state index in [0.29, 0.717) is 12.0 Å². The lowest BCUT2D eigenvalue weighted by Crippen LogP contribution is -2.35. The molecule has 1 atom stereocenters. The summed E-state index contributed by atoms with van der Waals surface area (Å²) in [5.41, 5.74) is 6.96. The summed E-state index contributed by atoms with van der Waals surface area (Å²) in [4.78, 5) is 2.36. The number of piperidine rings is 1. The fourth-order valence-electron chi connectivity index (χ4n) is 2.61. The van der Waals surface area contributed by atoms with Gasteiger partial charge < -0.3 is 15.4 Å². The van der Waals surface area contributed by atoms with E-state index in [9.17, 15) is 0 Å². The molecule has 0 spiro atoms. The Morgan fingerprint density at radius 1 is 1.37 bits per heavy atom. The van der Waals surface area contributed by atoms with E-state index in [2.05, 4.69) is 43.1 Å². The average Bonchev–Trinajstić information content (AvgIpc) is 2.42. The normalized spacial score (nSPS) is 19.3. The summed E-state index contributed by atoms with van der Waals surface area (Å²) in [5.74, 6) is 1.52. The zero-order chi connectivity index (χ0) is 13.7. The van der Waals surface area contributed by atoms with Crippen LogP contribution in [0.4, 0.5) is 0 Å². The first kappa shape index (κ1) is 14.4. The molecular formula is C16H26N2O. The van der Waals surface area contributed by atoms with Gasteiger partial charge in [-0.3, -0.25) is 0 Å². The minimum atomic E-state index is 0.372. The maximum Gasteiger partial charge on any atom is 0.120 e. The standard InChI is InChI=1S/C16H26N2O/c1-13(6-9-17)14-4-3-5-16(12-14)19-15-7-10-18(2)11-8-15/h3-5,12-13,15H,6-11,17H2,1-2H3. The molecule has 1 saturated heterocycles. The second-order valence-electron chi connectivity index (χ2n) is 5.67. The van der Waals surface area contributed by atoms with E-state index in [4.69, 9.17) is 10.5 Å². The molecule has 1 heterocycles. The summed E-state index contributed by atoms with van der Waals surface area (Å²) in [6, 6.07) is 8.50. The van der Waals surface area contributed by atoms with Gasteiger partial charge >= 0.3 is 0 Å². The number of hydrogen-bond donors (Lipinski definition) is 1. The summed E-state index contributed by atoms with van der Waals surface area (Å²) < 4.78 is 6.11. The van der Waals surface area contributed by atoms with Gasteiger partial charge in [0.15, 0.2) is 0 Å². The molecule has 1 unspecified atom stereocenters. The number of hydrogen-bond acceptors (Lipinski definition) is 3. The van der Waals surface area contributed by atoms with Gasteiger partial charge in [-0.1, -0.05) is 19.1 Å². The minimum absolute atomic E-state index is 0.372. The highest BCUT2D eigenvalue weighted by atomic mass is 16.5. The molecule has 1 fully saturated rings. The van der Waals surface area contributed by atoms with Crippen molar-refractivity contribution in [2.24, 2.45) is 5.73 Å². The summed E-state index contributed by atoms with van der Waals surface area (Å²) >= 11 is 0. The first-order valence-electron chi connectivity index (χ1n) is 7.34. The Bertz CT molecular complexity index is 386. The summed E-state index contributed by atoms with van der Waals surface area (Å²) in [5, 5.41) is 0. The van der Waals surface area contributed by atoms with Crippen molar-refractivity contribution in [3.8, 4) is 5.75 Å². The van der Waals surface area contributed by atoms with Gasteiger partial charge in [-0.15, -0.1) is 0 Å². The predicted octanol–water partition coefficient (Wildman–Crippen LogP) is 2.61. The third kappa shape index (κ3) is 4.22. The number of ether oxygens (including phenoxy) is 1. The maximum absolute atomic E-state index is 6.11. The molecule has 0 radical (unpaired) electrons. The van der Waals surface area contributed by atoms with Gasteiger partial charge in [0.25, 0.3) is 0 Å². The second-order valence-corrected chi connectivity index (χ2v) is 5.67. The van der Waals surface area contributed by atoms with E-state index < -0.39 is 0 Å². The molecule has 3 nitrogen and oxygen atoms in total. The summed E-state index contributed by atoms with van der Waals surface area (Å²) in [7, 11) is 2.17. The molecule has 0 aliphatic carbocycles. The number of rotatable bonds is 5. The van der Waals surface area contributed by atoms with Crippen LogP contribution < -0.4 is 10.5 Å². The number of likely N-dealkylation sites (tertiary alicyclic amines) is 1. The topological polar surface area (TPSA) is 38.5 Å². The molecule has 1 aliphatic heterocycles. The highest BCUT2D eigenvalue weighted by Crippen LogP contribution is 2.25. The molecule has 3 heteroatoms. The Hall–Kier alpha value is -1.06. The molecule has 2 N–H and O–H groups in total. The van der Waals surface area contributed by atoms with Gasteiger partial charge in [0.05, 0.1) is 0 Å². The van der Waals surface area contributed by atoms with E-state index in [-0.39, 0.29) is 0 Å². The largest absolute Gasteiger partial charge is 0.490 e. The molecule has 0 aromatic heterocycles. The molecule has 0 amide bonds. The van der Waals surface area contributed by atoms with Crippen molar-refractivity contribution in [2.45, 2.75) is 38.2 Å². The van der Waals surface area contributed by atoms with Crippen LogP contribution >= 0.6 is 0 Å². The Balaban J connectivity index is 1.95. The second kappa shape index (κ2) is 6.92. The van der Waals surface area contributed by atoms with Gasteiger partial charge in [0.1, 0.15) is 11.9 Å². The monoisotopic (exact) mass is 262 g/mol. The van der Waals surface area contributed by atoms with Crippen LogP contribution in [0.5, 0.6) is 5.75 Å². The lowest BCUT2D eigenvalue weighted by Gasteiger charge is -2.29. The van der Waals surface area contributed by atoms with Gasteiger partial charge in [-0.05, 0) is 56.5 Å². The maximum atomic E-state index is 6.11. The Labute approximate surface area is 116 Å². The zero-order valence-corrected chi connectivity index (χ0v) is 12.1. The van der Waals surface area contributed by atoms with E-state index in [1.54, 1.807) is 0 Å². The molecule has 0 saturated carbocycles. The van der Waals surface area contributed by atoms with Crippen molar-refractivity contribution >= 4 is 0 Å². The summed E-state index contributed by atoms with van der Waals surface area (Å²) in [6.45, 7) is 5.23. The average molecular weight is 262 g/mol. The lowest BCUT2D eigenvalue weighted by atomic mass is 9.98. The van der Waals surface area contributed by atoms with Crippen molar-refractivity contribution in [2.75, 3.05) is 26.7 Å². The molecule has 106 valence electrons. The highest BCUT2D eigenvalue weighted by molar-refractivity contribution is 5.30. The van der Waals surface area contributed by atoms with Crippen LogP contribution in [0.15, 0.2) is 24.3 Å². The van der Waals surface area contributed by atoms with Crippen LogP contribution in [-0.2, 0) is 0 Å². The van der Waals surface area contributed by atoms with Crippen molar-refractivity contribution in [3.05, 3.63) is 29.8 Å². The van der Waals surface area contributed by atoms with Crippen LogP contribution in [0.2, 0.25) is 0 Å². The SMILES string of the molecule is CC(CCN)c1cccc(OC2CCN(C)CC2)c1. The number of nitrogens with zero attached hydrogens (tertiary/aromatic N) is 1. The van der Waals surface area contributed by atoms with Crippen molar-refractivity contribution in [1.82, 2.24) is 4.90 Å². The van der Waals surface area contributed by atoms with Crippen LogP contribution in [-0.4, -0.2) is 37.7 Å². The van der Waals surface area contributed by atoms with E-state index in [1.807, 2.05) is 0 Å². The van der Waals surface area contributed by atoms with Gasteiger partial charge in [-0.25, -0.2) is 0 Å². The third-order valence-electron chi connectivity index (χ3n) is 4.00. The first-order chi connectivity index (χ1) is 9.19. The zero-order valence-electron chi connectivity index (χ0n) is 12.1. The molecule has 1 aromatic rings. The molecule has 1 aliphatic rings. The van der Waals surface area contributed by atoms with Crippen LogP contribution in [0, 0.1) is 0 Å². The fourth-order valence-corrected chi connectivity index (χ4v) is 2.61. The molecule has 2 rings (SSSR count). The van der Waals surface area contributed by atoms with Crippen LogP contribution in [0.3, 0.4) is 0 Å². The highest BCUT2D eigenvalue weighted by Gasteiger charge is 2.18. The smallest absolute Gasteiger partial charge is 0.120 e. The van der Waals surface area contributed by atoms with E-state index in [1.165, 1.54) is 5.56 Å². The first-order valence-corrected chi connectivity index (χ1v) is 7.34. The van der Waals surface area contributed by atoms with Crippen molar-refractivity contribution < 1.29 is 4.74 Å². The van der Waals surface area contributed by atoms with Crippen molar-refractivity contribution in [3.63, 3.8) is 0 Å². The Kier molecular flexibility index (Phi) is 5.23. The summed E-state index contributed by atoms with van der Waals surface area (Å²) in [6.07, 6.45) is 3.65. The quantitative estimate of drug-likeness (QED) is 0.886. The molecular weight excluding hydrogens is 236 g/mol. The minimum Gasteiger partial charge on any atom is -0.490 e. The number of benzene rings is 1. The molecule has 1 aromatic carbocycles. The van der Waals surface area contributed by atoms with Crippen LogP contribution in [0.1, 0.15) is 37.7 Å². The van der Waals surface area contributed by atoms with Gasteiger partial charge in [0.2, 0.25) is 0 Å². The van der Waals surface area contributed by atoms with Gasteiger partial charge in [-0.2, -0.15) is 0 Å². The lowest BCUT2D eigenvalue weighted by molar-refractivity contribution is 0.114.